The van der Waals surface area contributed by atoms with Crippen LogP contribution < -0.4 is 19.6 Å². The topological polar surface area (TPSA) is 86.2 Å². The number of carbonyl (C=O) groups excluding carboxylic acids is 2. The molecule has 3 aromatic rings. The molecule has 9 heteroatoms. The Labute approximate surface area is 209 Å². The maximum Gasteiger partial charge on any atom is 0.343 e. The number of carbonyl (C=O) groups is 2. The Morgan fingerprint density at radius 3 is 2.52 bits per heavy atom. The lowest BCUT2D eigenvalue weighted by Crippen LogP contribution is -2.17. The van der Waals surface area contributed by atoms with Gasteiger partial charge in [0.15, 0.2) is 11.5 Å². The zero-order valence-corrected chi connectivity index (χ0v) is 20.7. The molecule has 0 spiro atoms. The third-order valence-corrected chi connectivity index (χ3v) is 5.27. The first-order chi connectivity index (χ1) is 15.9. The second kappa shape index (κ2) is 11.7. The summed E-state index contributed by atoms with van der Waals surface area (Å²) in [6, 6.07) is 16.8. The fourth-order valence-electron chi connectivity index (χ4n) is 2.76. The van der Waals surface area contributed by atoms with Crippen LogP contribution in [-0.2, 0) is 0 Å². The Hall–Kier alpha value is -3.11. The van der Waals surface area contributed by atoms with Crippen molar-refractivity contribution < 1.29 is 23.8 Å². The normalized spacial score (nSPS) is 10.7. The monoisotopic (exact) mass is 578 g/mol. The molecule has 0 aliphatic carbocycles. The van der Waals surface area contributed by atoms with E-state index in [9.17, 15) is 9.59 Å². The molecule has 33 heavy (non-hydrogen) atoms. The van der Waals surface area contributed by atoms with Gasteiger partial charge in [-0.2, -0.15) is 5.10 Å². The van der Waals surface area contributed by atoms with Crippen LogP contribution >= 0.6 is 34.2 Å². The summed E-state index contributed by atoms with van der Waals surface area (Å²) in [4.78, 5) is 24.8. The first kappa shape index (κ1) is 24.5. The SMILES string of the molecule is CCOc1cc(/C=N\NC(=O)c2cccc(I)c2)cc(Cl)c1OC(=O)c1ccc(OC)cc1. The summed E-state index contributed by atoms with van der Waals surface area (Å²) >= 11 is 8.51. The number of nitrogens with one attached hydrogen (secondary N) is 1. The smallest absolute Gasteiger partial charge is 0.343 e. The molecule has 0 atom stereocenters. The summed E-state index contributed by atoms with van der Waals surface area (Å²) in [5, 5.41) is 4.14. The van der Waals surface area contributed by atoms with Crippen LogP contribution in [0.5, 0.6) is 17.2 Å². The molecule has 7 nitrogen and oxygen atoms in total. The number of hydrazone groups is 1. The zero-order valence-electron chi connectivity index (χ0n) is 17.8. The maximum atomic E-state index is 12.6. The lowest BCUT2D eigenvalue weighted by atomic mass is 10.2. The van der Waals surface area contributed by atoms with Crippen LogP contribution in [0.3, 0.4) is 0 Å². The minimum Gasteiger partial charge on any atom is -0.497 e. The van der Waals surface area contributed by atoms with E-state index in [1.807, 2.05) is 6.07 Å². The molecule has 3 rings (SSSR count). The van der Waals surface area contributed by atoms with Crippen LogP contribution in [0, 0.1) is 3.57 Å². The van der Waals surface area contributed by atoms with E-state index in [1.165, 1.54) is 6.21 Å². The van der Waals surface area contributed by atoms with E-state index < -0.39 is 5.97 Å². The number of ether oxygens (including phenoxy) is 3. The van der Waals surface area contributed by atoms with Gasteiger partial charge in [0.1, 0.15) is 5.75 Å². The largest absolute Gasteiger partial charge is 0.497 e. The molecule has 0 saturated heterocycles. The maximum absolute atomic E-state index is 12.6. The van der Waals surface area contributed by atoms with Gasteiger partial charge >= 0.3 is 5.97 Å². The number of nitrogens with zero attached hydrogens (tertiary/aromatic N) is 1. The van der Waals surface area contributed by atoms with Crippen molar-refractivity contribution in [2.75, 3.05) is 13.7 Å². The number of methoxy groups -OCH3 is 1. The first-order valence-corrected chi connectivity index (χ1v) is 11.3. The number of halogens is 2. The summed E-state index contributed by atoms with van der Waals surface area (Å²) in [5.74, 6) is 0.0616. The number of hydrogen-bond acceptors (Lipinski definition) is 6. The van der Waals surface area contributed by atoms with Crippen molar-refractivity contribution in [2.45, 2.75) is 6.92 Å². The highest BCUT2D eigenvalue weighted by atomic mass is 127. The molecule has 0 bridgehead atoms. The Balaban J connectivity index is 1.76. The Kier molecular flexibility index (Phi) is 8.67. The summed E-state index contributed by atoms with van der Waals surface area (Å²) in [5.41, 5.74) is 3.85. The highest BCUT2D eigenvalue weighted by Gasteiger charge is 2.17. The van der Waals surface area contributed by atoms with Gasteiger partial charge in [-0.1, -0.05) is 17.7 Å². The molecule has 0 aliphatic heterocycles. The van der Waals surface area contributed by atoms with Crippen LogP contribution in [0.2, 0.25) is 5.02 Å². The Morgan fingerprint density at radius 1 is 1.09 bits per heavy atom. The average molecular weight is 579 g/mol. The Morgan fingerprint density at radius 2 is 1.85 bits per heavy atom. The molecule has 1 N–H and O–H groups in total. The third kappa shape index (κ3) is 6.69. The summed E-state index contributed by atoms with van der Waals surface area (Å²) in [7, 11) is 1.54. The molecule has 0 unspecified atom stereocenters. The van der Waals surface area contributed by atoms with E-state index in [1.54, 1.807) is 68.6 Å². The van der Waals surface area contributed by atoms with Gasteiger partial charge < -0.3 is 14.2 Å². The minimum absolute atomic E-state index is 0.0966. The fourth-order valence-corrected chi connectivity index (χ4v) is 3.56. The Bertz CT molecular complexity index is 1180. The number of amides is 1. The standard InChI is InChI=1S/C24H20ClIN2O5/c1-3-32-21-12-15(14-27-28-23(29)17-5-4-6-18(26)13-17)11-20(25)22(21)33-24(30)16-7-9-19(31-2)10-8-16/h4-14H,3H2,1-2H3,(H,28,29)/b27-14-. The van der Waals surface area contributed by atoms with Crippen molar-refractivity contribution in [1.29, 1.82) is 0 Å². The van der Waals surface area contributed by atoms with Crippen LogP contribution in [-0.4, -0.2) is 31.8 Å². The highest BCUT2D eigenvalue weighted by Crippen LogP contribution is 2.37. The van der Waals surface area contributed by atoms with E-state index in [0.717, 1.165) is 3.57 Å². The van der Waals surface area contributed by atoms with Crippen molar-refractivity contribution in [3.05, 3.63) is 85.9 Å². The third-order valence-electron chi connectivity index (χ3n) is 4.32. The van der Waals surface area contributed by atoms with Crippen molar-refractivity contribution >= 4 is 52.3 Å². The van der Waals surface area contributed by atoms with Gasteiger partial charge in [0.05, 0.1) is 30.5 Å². The van der Waals surface area contributed by atoms with E-state index in [2.05, 4.69) is 33.1 Å². The molecular formula is C24H20ClIN2O5. The summed E-state index contributed by atoms with van der Waals surface area (Å²) < 4.78 is 17.2. The van der Waals surface area contributed by atoms with Gasteiger partial charge in [0.2, 0.25) is 0 Å². The molecular weight excluding hydrogens is 559 g/mol. The summed E-state index contributed by atoms with van der Waals surface area (Å²) in [6.45, 7) is 2.12. The van der Waals surface area contributed by atoms with E-state index >= 15 is 0 Å². The van der Waals surface area contributed by atoms with Gasteiger partial charge in [-0.15, -0.1) is 0 Å². The van der Waals surface area contributed by atoms with Crippen molar-refractivity contribution in [2.24, 2.45) is 5.10 Å². The van der Waals surface area contributed by atoms with Crippen LogP contribution in [0.1, 0.15) is 33.2 Å². The van der Waals surface area contributed by atoms with Gasteiger partial charge in [-0.25, -0.2) is 10.2 Å². The first-order valence-electron chi connectivity index (χ1n) is 9.82. The van der Waals surface area contributed by atoms with Crippen LogP contribution in [0.4, 0.5) is 0 Å². The van der Waals surface area contributed by atoms with Gasteiger partial charge in [-0.05, 0) is 89.7 Å². The minimum atomic E-state index is -0.591. The van der Waals surface area contributed by atoms with Gasteiger partial charge in [0.25, 0.3) is 5.91 Å². The molecule has 170 valence electrons. The second-order valence-corrected chi connectivity index (χ2v) is 8.24. The lowest BCUT2D eigenvalue weighted by Gasteiger charge is -2.13. The average Bonchev–Trinajstić information content (AvgIpc) is 2.81. The molecule has 0 saturated carbocycles. The molecule has 0 aliphatic rings. The molecule has 0 aromatic heterocycles. The van der Waals surface area contributed by atoms with Crippen molar-refractivity contribution in [1.82, 2.24) is 5.43 Å². The van der Waals surface area contributed by atoms with E-state index in [4.69, 9.17) is 25.8 Å². The quantitative estimate of drug-likeness (QED) is 0.128. The van der Waals surface area contributed by atoms with Gasteiger partial charge in [0, 0.05) is 9.13 Å². The zero-order chi connectivity index (χ0) is 23.8. The predicted molar refractivity (Wildman–Crippen MR) is 135 cm³/mol. The molecule has 0 heterocycles. The van der Waals surface area contributed by atoms with Crippen molar-refractivity contribution in [3.8, 4) is 17.2 Å². The molecule has 3 aromatic carbocycles. The van der Waals surface area contributed by atoms with Gasteiger partial charge in [-0.3, -0.25) is 4.79 Å². The number of benzene rings is 3. The lowest BCUT2D eigenvalue weighted by molar-refractivity contribution is 0.0728. The predicted octanol–water partition coefficient (Wildman–Crippen LogP) is 5.34. The second-order valence-electron chi connectivity index (χ2n) is 6.59. The van der Waals surface area contributed by atoms with E-state index in [0.29, 0.717) is 29.0 Å². The van der Waals surface area contributed by atoms with Crippen molar-refractivity contribution in [3.63, 3.8) is 0 Å². The fraction of sp³-hybridized carbons (Fsp3) is 0.125. The van der Waals surface area contributed by atoms with E-state index in [-0.39, 0.29) is 22.4 Å². The van der Waals surface area contributed by atoms with Crippen LogP contribution in [0.25, 0.3) is 0 Å². The number of rotatable bonds is 8. The molecule has 1 amide bonds. The highest BCUT2D eigenvalue weighted by molar-refractivity contribution is 14.1. The molecule has 0 radical (unpaired) electrons. The summed E-state index contributed by atoms with van der Waals surface area (Å²) in [6.07, 6.45) is 1.43. The number of hydrogen-bond donors (Lipinski definition) is 1. The number of esters is 1. The molecule has 0 fully saturated rings. The van der Waals surface area contributed by atoms with Crippen LogP contribution in [0.15, 0.2) is 65.8 Å².